The van der Waals surface area contributed by atoms with Crippen molar-refractivity contribution >= 4 is 17.5 Å². The fraction of sp³-hybridized carbons (Fsp3) is 0.200. The van der Waals surface area contributed by atoms with E-state index in [1.54, 1.807) is 12.1 Å². The highest BCUT2D eigenvalue weighted by molar-refractivity contribution is 5.67. The van der Waals surface area contributed by atoms with Gasteiger partial charge in [0.25, 0.3) is 0 Å². The van der Waals surface area contributed by atoms with E-state index in [2.05, 4.69) is 20.6 Å². The third-order valence-electron chi connectivity index (χ3n) is 3.38. The lowest BCUT2D eigenvalue weighted by Gasteiger charge is -2.21. The number of anilines is 3. The highest BCUT2D eigenvalue weighted by Crippen LogP contribution is 2.24. The van der Waals surface area contributed by atoms with Crippen molar-refractivity contribution in [3.63, 3.8) is 0 Å². The van der Waals surface area contributed by atoms with Crippen molar-refractivity contribution in [1.29, 1.82) is 0 Å². The highest BCUT2D eigenvalue weighted by Gasteiger charge is 2.14. The van der Waals surface area contributed by atoms with E-state index >= 15 is 0 Å². The van der Waals surface area contributed by atoms with E-state index in [0.717, 1.165) is 11.3 Å². The van der Waals surface area contributed by atoms with Gasteiger partial charge in [-0.15, -0.1) is 0 Å². The van der Waals surface area contributed by atoms with Crippen LogP contribution >= 0.6 is 0 Å². The molecule has 4 nitrogen and oxygen atoms in total. The van der Waals surface area contributed by atoms with Gasteiger partial charge in [0, 0.05) is 22.9 Å². The number of hydrogen-bond donors (Lipinski definition) is 2. The van der Waals surface area contributed by atoms with Gasteiger partial charge >= 0.3 is 0 Å². The Morgan fingerprint density at radius 2 is 1.64 bits per heavy atom. The molecule has 5 heteroatoms. The number of nitrogens with one attached hydrogen (secondary N) is 2. The average Bonchev–Trinajstić information content (AvgIpc) is 2.54. The molecule has 0 fully saturated rings. The van der Waals surface area contributed by atoms with Crippen LogP contribution in [-0.2, 0) is 0 Å². The summed E-state index contributed by atoms with van der Waals surface area (Å²) in [6.45, 7) is 6.14. The predicted molar refractivity (Wildman–Crippen MR) is 101 cm³/mol. The summed E-state index contributed by atoms with van der Waals surface area (Å²) in [6, 6.07) is 18.0. The van der Waals surface area contributed by atoms with Crippen LogP contribution in [0, 0.1) is 5.82 Å². The molecule has 0 saturated carbocycles. The zero-order chi connectivity index (χ0) is 17.9. The van der Waals surface area contributed by atoms with Crippen LogP contribution in [0.15, 0.2) is 60.7 Å². The molecule has 0 radical (unpaired) electrons. The summed E-state index contributed by atoms with van der Waals surface area (Å²) in [5.41, 5.74) is 2.25. The maximum Gasteiger partial charge on any atom is 0.225 e. The smallest absolute Gasteiger partial charge is 0.225 e. The molecule has 3 rings (SSSR count). The fourth-order valence-electron chi connectivity index (χ4n) is 2.37. The van der Waals surface area contributed by atoms with E-state index in [1.165, 1.54) is 12.1 Å². The lowest BCUT2D eigenvalue weighted by molar-refractivity contribution is 0.626. The van der Waals surface area contributed by atoms with Gasteiger partial charge in [0.15, 0.2) is 0 Å². The van der Waals surface area contributed by atoms with Crippen molar-refractivity contribution in [2.45, 2.75) is 26.3 Å². The molecule has 0 unspecified atom stereocenters. The summed E-state index contributed by atoms with van der Waals surface area (Å²) in [5.74, 6) is 0.828. The molecule has 0 bridgehead atoms. The van der Waals surface area contributed by atoms with Crippen LogP contribution in [0.5, 0.6) is 0 Å². The van der Waals surface area contributed by atoms with Crippen molar-refractivity contribution in [2.75, 3.05) is 10.6 Å². The Kier molecular flexibility index (Phi) is 4.65. The summed E-state index contributed by atoms with van der Waals surface area (Å²) in [4.78, 5) is 9.13. The molecular weight excluding hydrogens is 315 g/mol. The normalized spacial score (nSPS) is 11.2. The molecule has 3 aromatic rings. The average molecular weight is 336 g/mol. The number of rotatable bonds is 4. The Morgan fingerprint density at radius 3 is 2.32 bits per heavy atom. The summed E-state index contributed by atoms with van der Waals surface area (Å²) < 4.78 is 13.4. The second-order valence-electron chi connectivity index (χ2n) is 6.84. The summed E-state index contributed by atoms with van der Waals surface area (Å²) >= 11 is 0. The van der Waals surface area contributed by atoms with Crippen molar-refractivity contribution < 1.29 is 4.39 Å². The minimum absolute atomic E-state index is 0.175. The van der Waals surface area contributed by atoms with Crippen LogP contribution in [0.4, 0.5) is 21.8 Å². The van der Waals surface area contributed by atoms with Gasteiger partial charge in [-0.2, -0.15) is 4.98 Å². The van der Waals surface area contributed by atoms with Gasteiger partial charge in [0.05, 0.1) is 5.69 Å². The van der Waals surface area contributed by atoms with Crippen LogP contribution in [0.1, 0.15) is 20.8 Å². The molecule has 0 aliphatic heterocycles. The van der Waals surface area contributed by atoms with Crippen molar-refractivity contribution in [3.8, 4) is 11.3 Å². The molecular formula is C20H21FN4. The lowest BCUT2D eigenvalue weighted by atomic mass is 10.1. The monoisotopic (exact) mass is 336 g/mol. The largest absolute Gasteiger partial charge is 0.350 e. The van der Waals surface area contributed by atoms with Crippen LogP contribution in [-0.4, -0.2) is 15.5 Å². The molecule has 0 aliphatic carbocycles. The Labute approximate surface area is 147 Å². The molecule has 0 spiro atoms. The van der Waals surface area contributed by atoms with E-state index in [9.17, 15) is 4.39 Å². The van der Waals surface area contributed by atoms with E-state index in [4.69, 9.17) is 0 Å². The van der Waals surface area contributed by atoms with Crippen molar-refractivity contribution in [2.24, 2.45) is 0 Å². The molecule has 2 N–H and O–H groups in total. The fourth-order valence-corrected chi connectivity index (χ4v) is 2.37. The third-order valence-corrected chi connectivity index (χ3v) is 3.38. The summed E-state index contributed by atoms with van der Waals surface area (Å²) in [5, 5.41) is 6.44. The molecule has 0 atom stereocenters. The minimum Gasteiger partial charge on any atom is -0.350 e. The first-order valence-corrected chi connectivity index (χ1v) is 8.14. The Bertz CT molecular complexity index is 857. The molecule has 25 heavy (non-hydrogen) atoms. The predicted octanol–water partition coefficient (Wildman–Crippen LogP) is 5.24. The maximum absolute atomic E-state index is 13.4. The topological polar surface area (TPSA) is 49.8 Å². The van der Waals surface area contributed by atoms with E-state index in [0.29, 0.717) is 17.5 Å². The third kappa shape index (κ3) is 4.76. The quantitative estimate of drug-likeness (QED) is 0.684. The van der Waals surface area contributed by atoms with Gasteiger partial charge < -0.3 is 10.6 Å². The number of hydrogen-bond acceptors (Lipinski definition) is 4. The standard InChI is InChI=1S/C20H21FN4/c1-20(2,3)25-19-23-17(14-8-5-4-6-9-14)13-18(24-19)22-16-11-7-10-15(21)12-16/h4-13H,1-3H3,(H2,22,23,24,25). The van der Waals surface area contributed by atoms with E-state index in [1.807, 2.05) is 57.2 Å². The van der Waals surface area contributed by atoms with E-state index < -0.39 is 0 Å². The highest BCUT2D eigenvalue weighted by atomic mass is 19.1. The Morgan fingerprint density at radius 1 is 0.880 bits per heavy atom. The number of aromatic nitrogens is 2. The van der Waals surface area contributed by atoms with Gasteiger partial charge in [0.1, 0.15) is 11.6 Å². The van der Waals surface area contributed by atoms with Gasteiger partial charge in [-0.05, 0) is 39.0 Å². The number of nitrogens with zero attached hydrogens (tertiary/aromatic N) is 2. The van der Waals surface area contributed by atoms with E-state index in [-0.39, 0.29) is 11.4 Å². The summed E-state index contributed by atoms with van der Waals surface area (Å²) in [6.07, 6.45) is 0. The van der Waals surface area contributed by atoms with Gasteiger partial charge in [-0.3, -0.25) is 0 Å². The first-order chi connectivity index (χ1) is 11.9. The molecule has 128 valence electrons. The maximum atomic E-state index is 13.4. The Balaban J connectivity index is 2.00. The molecule has 1 heterocycles. The molecule has 1 aromatic heterocycles. The van der Waals surface area contributed by atoms with Gasteiger partial charge in [-0.1, -0.05) is 36.4 Å². The second-order valence-corrected chi connectivity index (χ2v) is 6.84. The molecule has 0 amide bonds. The molecule has 2 aromatic carbocycles. The van der Waals surface area contributed by atoms with Crippen LogP contribution in [0.2, 0.25) is 0 Å². The van der Waals surface area contributed by atoms with Crippen molar-refractivity contribution in [1.82, 2.24) is 9.97 Å². The first kappa shape index (κ1) is 16.9. The Hall–Kier alpha value is -2.95. The summed E-state index contributed by atoms with van der Waals surface area (Å²) in [7, 11) is 0. The first-order valence-electron chi connectivity index (χ1n) is 8.14. The van der Waals surface area contributed by atoms with Crippen LogP contribution in [0.25, 0.3) is 11.3 Å². The zero-order valence-electron chi connectivity index (χ0n) is 14.5. The van der Waals surface area contributed by atoms with Crippen molar-refractivity contribution in [3.05, 3.63) is 66.5 Å². The second kappa shape index (κ2) is 6.89. The minimum atomic E-state index is -0.296. The lowest BCUT2D eigenvalue weighted by Crippen LogP contribution is -2.27. The van der Waals surface area contributed by atoms with Crippen LogP contribution in [0.3, 0.4) is 0 Å². The SMILES string of the molecule is CC(C)(C)Nc1nc(Nc2cccc(F)c2)cc(-c2ccccc2)n1. The van der Waals surface area contributed by atoms with Crippen LogP contribution < -0.4 is 10.6 Å². The molecule has 0 saturated heterocycles. The number of halogens is 1. The van der Waals surface area contributed by atoms with Gasteiger partial charge in [0.2, 0.25) is 5.95 Å². The zero-order valence-corrected chi connectivity index (χ0v) is 14.5. The number of benzene rings is 2. The molecule has 0 aliphatic rings. The van der Waals surface area contributed by atoms with Gasteiger partial charge in [-0.25, -0.2) is 9.37 Å².